The largest absolute Gasteiger partial charge is 0.493 e. The van der Waals surface area contributed by atoms with E-state index >= 15 is 0 Å². The molecule has 21 heavy (non-hydrogen) atoms. The maximum Gasteiger partial charge on any atom is 0.194 e. The quantitative estimate of drug-likeness (QED) is 0.794. The van der Waals surface area contributed by atoms with Crippen molar-refractivity contribution in [1.82, 2.24) is 0 Å². The Balaban J connectivity index is 2.56. The molecule has 0 bridgehead atoms. The van der Waals surface area contributed by atoms with Crippen LogP contribution in [0, 0.1) is 13.8 Å². The minimum Gasteiger partial charge on any atom is -0.493 e. The van der Waals surface area contributed by atoms with Crippen LogP contribution in [0.4, 0.5) is 0 Å². The molecule has 0 aliphatic carbocycles. The predicted octanol–water partition coefficient (Wildman–Crippen LogP) is 4.21. The lowest BCUT2D eigenvalue weighted by molar-refractivity contribution is 0.103. The van der Waals surface area contributed by atoms with Crippen LogP contribution in [-0.4, -0.2) is 20.0 Å². The number of aryl methyl sites for hydroxylation is 1. The highest BCUT2D eigenvalue weighted by atomic mass is 35.5. The van der Waals surface area contributed by atoms with E-state index in [0.29, 0.717) is 27.6 Å². The number of benzene rings is 2. The third-order valence-corrected chi connectivity index (χ3v) is 3.88. The molecule has 0 amide bonds. The number of rotatable bonds is 4. The molecule has 0 aliphatic rings. The summed E-state index contributed by atoms with van der Waals surface area (Å²) in [6.07, 6.45) is 0. The van der Waals surface area contributed by atoms with Crippen LogP contribution in [0.2, 0.25) is 5.02 Å². The first-order valence-electron chi connectivity index (χ1n) is 6.52. The number of carbonyl (C=O) groups is 1. The molecule has 0 fully saturated rings. The van der Waals surface area contributed by atoms with Gasteiger partial charge in [0, 0.05) is 17.2 Å². The van der Waals surface area contributed by atoms with Crippen LogP contribution in [0.3, 0.4) is 0 Å². The highest BCUT2D eigenvalue weighted by Crippen LogP contribution is 2.34. The molecule has 3 nitrogen and oxygen atoms in total. The summed E-state index contributed by atoms with van der Waals surface area (Å²) in [5.74, 6) is 0.859. The smallest absolute Gasteiger partial charge is 0.194 e. The number of ether oxygens (including phenoxy) is 2. The second-order valence-corrected chi connectivity index (χ2v) is 5.17. The second-order valence-electron chi connectivity index (χ2n) is 4.76. The summed E-state index contributed by atoms with van der Waals surface area (Å²) in [6, 6.07) is 8.86. The molecule has 0 aromatic heterocycles. The van der Waals surface area contributed by atoms with Gasteiger partial charge in [-0.15, -0.1) is 0 Å². The van der Waals surface area contributed by atoms with Gasteiger partial charge in [-0.25, -0.2) is 0 Å². The molecule has 4 heteroatoms. The first-order chi connectivity index (χ1) is 9.99. The fraction of sp³-hybridized carbons (Fsp3) is 0.235. The fourth-order valence-corrected chi connectivity index (χ4v) is 2.41. The molecular weight excluding hydrogens is 288 g/mol. The van der Waals surface area contributed by atoms with Gasteiger partial charge >= 0.3 is 0 Å². The van der Waals surface area contributed by atoms with Gasteiger partial charge in [-0.05, 0) is 31.0 Å². The van der Waals surface area contributed by atoms with Crippen LogP contribution in [0.25, 0.3) is 0 Å². The van der Waals surface area contributed by atoms with Crippen LogP contribution in [0.5, 0.6) is 11.5 Å². The van der Waals surface area contributed by atoms with Gasteiger partial charge in [0.15, 0.2) is 17.3 Å². The number of carbonyl (C=O) groups excluding carboxylic acids is 1. The molecule has 0 aliphatic heterocycles. The molecule has 0 atom stereocenters. The van der Waals surface area contributed by atoms with E-state index in [1.165, 1.54) is 14.2 Å². The molecule has 2 aromatic rings. The van der Waals surface area contributed by atoms with Gasteiger partial charge in [0.25, 0.3) is 0 Å². The molecule has 0 unspecified atom stereocenters. The van der Waals surface area contributed by atoms with E-state index in [1.54, 1.807) is 18.2 Å². The molecule has 110 valence electrons. The fourth-order valence-electron chi connectivity index (χ4n) is 2.17. The first-order valence-corrected chi connectivity index (χ1v) is 6.89. The van der Waals surface area contributed by atoms with Gasteiger partial charge in [0.1, 0.15) is 0 Å². The third kappa shape index (κ3) is 2.88. The lowest BCUT2D eigenvalue weighted by Crippen LogP contribution is -2.06. The van der Waals surface area contributed by atoms with Crippen molar-refractivity contribution in [2.75, 3.05) is 14.2 Å². The minimum absolute atomic E-state index is 0.123. The monoisotopic (exact) mass is 304 g/mol. The van der Waals surface area contributed by atoms with Gasteiger partial charge in [-0.1, -0.05) is 29.8 Å². The second kappa shape index (κ2) is 6.19. The Labute approximate surface area is 129 Å². The minimum atomic E-state index is -0.123. The molecular formula is C17H17ClO3. The van der Waals surface area contributed by atoms with E-state index in [1.807, 2.05) is 26.0 Å². The average molecular weight is 305 g/mol. The summed E-state index contributed by atoms with van der Waals surface area (Å²) in [7, 11) is 3.05. The highest BCUT2D eigenvalue weighted by Gasteiger charge is 2.19. The zero-order valence-corrected chi connectivity index (χ0v) is 13.2. The molecule has 0 heterocycles. The summed E-state index contributed by atoms with van der Waals surface area (Å²) in [5, 5.41) is 0.346. The topological polar surface area (TPSA) is 35.5 Å². The Hall–Kier alpha value is -2.00. The van der Waals surface area contributed by atoms with E-state index < -0.39 is 0 Å². The normalized spacial score (nSPS) is 10.3. The summed E-state index contributed by atoms with van der Waals surface area (Å²) in [6.45, 7) is 3.90. The SMILES string of the molecule is COc1cc(Cl)c(C(=O)c2cccc(C)c2C)cc1OC. The molecule has 0 saturated carbocycles. The van der Waals surface area contributed by atoms with E-state index in [0.717, 1.165) is 11.1 Å². The first kappa shape index (κ1) is 15.4. The zero-order chi connectivity index (χ0) is 15.6. The van der Waals surface area contributed by atoms with E-state index in [2.05, 4.69) is 0 Å². The average Bonchev–Trinajstić information content (AvgIpc) is 2.49. The van der Waals surface area contributed by atoms with Crippen molar-refractivity contribution in [3.63, 3.8) is 0 Å². The van der Waals surface area contributed by atoms with Crippen LogP contribution in [0.15, 0.2) is 30.3 Å². The van der Waals surface area contributed by atoms with Crippen molar-refractivity contribution in [3.05, 3.63) is 57.6 Å². The summed E-state index contributed by atoms with van der Waals surface area (Å²) in [5.41, 5.74) is 3.07. The van der Waals surface area contributed by atoms with Gasteiger partial charge in [0.2, 0.25) is 0 Å². The maximum absolute atomic E-state index is 12.7. The number of halogens is 1. The highest BCUT2D eigenvalue weighted by molar-refractivity contribution is 6.35. The molecule has 2 aromatic carbocycles. The molecule has 0 radical (unpaired) electrons. The summed E-state index contributed by atoms with van der Waals surface area (Å²) in [4.78, 5) is 12.7. The lowest BCUT2D eigenvalue weighted by Gasteiger charge is -2.12. The van der Waals surface area contributed by atoms with E-state index in [4.69, 9.17) is 21.1 Å². The van der Waals surface area contributed by atoms with Crippen molar-refractivity contribution in [2.24, 2.45) is 0 Å². The Morgan fingerprint density at radius 2 is 1.62 bits per heavy atom. The van der Waals surface area contributed by atoms with Crippen molar-refractivity contribution in [3.8, 4) is 11.5 Å². The van der Waals surface area contributed by atoms with Crippen molar-refractivity contribution in [1.29, 1.82) is 0 Å². The summed E-state index contributed by atoms with van der Waals surface area (Å²) >= 11 is 6.22. The maximum atomic E-state index is 12.7. The van der Waals surface area contributed by atoms with Crippen LogP contribution >= 0.6 is 11.6 Å². The predicted molar refractivity (Wildman–Crippen MR) is 83.9 cm³/mol. The van der Waals surface area contributed by atoms with Crippen LogP contribution < -0.4 is 9.47 Å². The van der Waals surface area contributed by atoms with Gasteiger partial charge in [0.05, 0.1) is 19.2 Å². The third-order valence-electron chi connectivity index (χ3n) is 3.57. The number of hydrogen-bond donors (Lipinski definition) is 0. The Bertz CT molecular complexity index is 693. The Morgan fingerprint density at radius 1 is 1.00 bits per heavy atom. The van der Waals surface area contributed by atoms with Crippen molar-refractivity contribution in [2.45, 2.75) is 13.8 Å². The standard InChI is InChI=1S/C17H17ClO3/c1-10-6-5-7-12(11(10)2)17(19)13-8-15(20-3)16(21-4)9-14(13)18/h5-9H,1-4H3. The molecule has 0 spiro atoms. The van der Waals surface area contributed by atoms with Crippen molar-refractivity contribution >= 4 is 17.4 Å². The van der Waals surface area contributed by atoms with E-state index in [9.17, 15) is 4.79 Å². The summed E-state index contributed by atoms with van der Waals surface area (Å²) < 4.78 is 10.4. The van der Waals surface area contributed by atoms with Gasteiger partial charge in [-0.3, -0.25) is 4.79 Å². The van der Waals surface area contributed by atoms with E-state index in [-0.39, 0.29) is 5.78 Å². The van der Waals surface area contributed by atoms with Crippen LogP contribution in [0.1, 0.15) is 27.0 Å². The number of ketones is 1. The molecule has 2 rings (SSSR count). The Kier molecular flexibility index (Phi) is 4.53. The molecule has 0 N–H and O–H groups in total. The van der Waals surface area contributed by atoms with Crippen LogP contribution in [-0.2, 0) is 0 Å². The van der Waals surface area contributed by atoms with Crippen molar-refractivity contribution < 1.29 is 14.3 Å². The number of methoxy groups -OCH3 is 2. The van der Waals surface area contributed by atoms with Gasteiger partial charge < -0.3 is 9.47 Å². The number of hydrogen-bond acceptors (Lipinski definition) is 3. The molecule has 0 saturated heterocycles. The van der Waals surface area contributed by atoms with Gasteiger partial charge in [-0.2, -0.15) is 0 Å². The zero-order valence-electron chi connectivity index (χ0n) is 12.5. The Morgan fingerprint density at radius 3 is 2.24 bits per heavy atom. The lowest BCUT2D eigenvalue weighted by atomic mass is 9.96.